The van der Waals surface area contributed by atoms with Gasteiger partial charge in [-0.2, -0.15) is 0 Å². The molecule has 72 valence electrons. The van der Waals surface area contributed by atoms with Crippen molar-refractivity contribution >= 4 is 0 Å². The largest absolute Gasteiger partial charge is 0.306 e. The summed E-state index contributed by atoms with van der Waals surface area (Å²) in [7, 11) is 0. The van der Waals surface area contributed by atoms with Crippen LogP contribution < -0.4 is 0 Å². The van der Waals surface area contributed by atoms with E-state index in [4.69, 9.17) is 0 Å². The van der Waals surface area contributed by atoms with Gasteiger partial charge in [-0.1, -0.05) is 13.8 Å². The molecule has 0 amide bonds. The van der Waals surface area contributed by atoms with E-state index in [1.54, 1.807) is 12.4 Å². The zero-order valence-electron chi connectivity index (χ0n) is 8.38. The fourth-order valence-electron chi connectivity index (χ4n) is 1.29. The fourth-order valence-corrected chi connectivity index (χ4v) is 1.29. The average molecular weight is 187 g/mol. The Morgan fingerprint density at radius 3 is 2.50 bits per heavy atom. The number of hydrogen-bond acceptors (Lipinski definition) is 2. The molecule has 0 bridgehead atoms. The molecule has 3 nitrogen and oxygen atoms in total. The Morgan fingerprint density at radius 1 is 1.21 bits per heavy atom. The fraction of sp³-hybridized carbons (Fsp3) is 0.273. The van der Waals surface area contributed by atoms with Crippen molar-refractivity contribution in [3.05, 3.63) is 42.7 Å². The molecule has 0 saturated heterocycles. The summed E-state index contributed by atoms with van der Waals surface area (Å²) in [5, 5.41) is 0. The SMILES string of the molecule is CC(C)c1cn(-c2ccncc2)cn1. The molecule has 0 aliphatic heterocycles. The summed E-state index contributed by atoms with van der Waals surface area (Å²) in [6.45, 7) is 4.28. The van der Waals surface area contributed by atoms with Gasteiger partial charge in [-0.25, -0.2) is 4.98 Å². The molecular weight excluding hydrogens is 174 g/mol. The maximum absolute atomic E-state index is 4.33. The van der Waals surface area contributed by atoms with Crippen molar-refractivity contribution in [2.75, 3.05) is 0 Å². The average Bonchev–Trinajstić information content (AvgIpc) is 2.68. The third-order valence-corrected chi connectivity index (χ3v) is 2.15. The topological polar surface area (TPSA) is 30.7 Å². The number of aromatic nitrogens is 3. The normalized spacial score (nSPS) is 10.8. The van der Waals surface area contributed by atoms with Crippen molar-refractivity contribution in [1.29, 1.82) is 0 Å². The second-order valence-corrected chi connectivity index (χ2v) is 3.57. The second kappa shape index (κ2) is 3.62. The minimum atomic E-state index is 0.470. The Bertz CT molecular complexity index is 403. The van der Waals surface area contributed by atoms with Crippen LogP contribution in [0.15, 0.2) is 37.1 Å². The lowest BCUT2D eigenvalue weighted by Crippen LogP contribution is -1.90. The molecule has 0 N–H and O–H groups in total. The van der Waals surface area contributed by atoms with Crippen molar-refractivity contribution in [3.8, 4) is 5.69 Å². The summed E-state index contributed by atoms with van der Waals surface area (Å²) in [6, 6.07) is 3.93. The molecule has 0 unspecified atom stereocenters. The van der Waals surface area contributed by atoms with Gasteiger partial charge >= 0.3 is 0 Å². The molecule has 3 heteroatoms. The van der Waals surface area contributed by atoms with E-state index in [1.165, 1.54) is 0 Å². The molecule has 0 spiro atoms. The van der Waals surface area contributed by atoms with Gasteiger partial charge < -0.3 is 4.57 Å². The maximum Gasteiger partial charge on any atom is 0.0995 e. The molecule has 14 heavy (non-hydrogen) atoms. The van der Waals surface area contributed by atoms with Crippen molar-refractivity contribution in [3.63, 3.8) is 0 Å². The van der Waals surface area contributed by atoms with E-state index in [2.05, 4.69) is 30.0 Å². The highest BCUT2D eigenvalue weighted by atomic mass is 15.0. The van der Waals surface area contributed by atoms with Crippen LogP contribution in [-0.2, 0) is 0 Å². The standard InChI is InChI=1S/C11H13N3/c1-9(2)11-7-14(8-13-11)10-3-5-12-6-4-10/h3-9H,1-2H3. The summed E-state index contributed by atoms with van der Waals surface area (Å²) >= 11 is 0. The van der Waals surface area contributed by atoms with Gasteiger partial charge in [0.15, 0.2) is 0 Å². The Kier molecular flexibility index (Phi) is 2.31. The zero-order chi connectivity index (χ0) is 9.97. The number of pyridine rings is 1. The van der Waals surface area contributed by atoms with Crippen LogP contribution >= 0.6 is 0 Å². The molecule has 2 aromatic heterocycles. The van der Waals surface area contributed by atoms with Crippen LogP contribution in [0, 0.1) is 0 Å². The van der Waals surface area contributed by atoms with Crippen LogP contribution in [0.1, 0.15) is 25.5 Å². The van der Waals surface area contributed by atoms with Crippen LogP contribution in [0.25, 0.3) is 5.69 Å². The Labute approximate surface area is 83.4 Å². The van der Waals surface area contributed by atoms with Crippen LogP contribution in [0.5, 0.6) is 0 Å². The zero-order valence-corrected chi connectivity index (χ0v) is 8.38. The van der Waals surface area contributed by atoms with Crippen LogP contribution in [0.2, 0.25) is 0 Å². The smallest absolute Gasteiger partial charge is 0.0995 e. The summed E-state index contributed by atoms with van der Waals surface area (Å²) in [5.74, 6) is 0.470. The van der Waals surface area contributed by atoms with E-state index >= 15 is 0 Å². The number of rotatable bonds is 2. The second-order valence-electron chi connectivity index (χ2n) is 3.57. The number of hydrogen-bond donors (Lipinski definition) is 0. The van der Waals surface area contributed by atoms with Gasteiger partial charge in [0.1, 0.15) is 0 Å². The van der Waals surface area contributed by atoms with Crippen LogP contribution in [-0.4, -0.2) is 14.5 Å². The van der Waals surface area contributed by atoms with Gasteiger partial charge in [0, 0.05) is 24.3 Å². The molecule has 0 saturated carbocycles. The molecule has 0 aromatic carbocycles. The first-order valence-corrected chi connectivity index (χ1v) is 4.71. The van der Waals surface area contributed by atoms with Gasteiger partial charge in [-0.15, -0.1) is 0 Å². The van der Waals surface area contributed by atoms with E-state index < -0.39 is 0 Å². The molecule has 0 radical (unpaired) electrons. The Balaban J connectivity index is 2.34. The minimum absolute atomic E-state index is 0.470. The quantitative estimate of drug-likeness (QED) is 0.722. The summed E-state index contributed by atoms with van der Waals surface area (Å²) in [5.41, 5.74) is 2.21. The van der Waals surface area contributed by atoms with Crippen LogP contribution in [0.4, 0.5) is 0 Å². The highest BCUT2D eigenvalue weighted by molar-refractivity contribution is 5.29. The first-order valence-electron chi connectivity index (χ1n) is 4.71. The van der Waals surface area contributed by atoms with E-state index in [-0.39, 0.29) is 0 Å². The molecule has 2 heterocycles. The van der Waals surface area contributed by atoms with Gasteiger partial charge in [0.05, 0.1) is 12.0 Å². The predicted molar refractivity (Wildman–Crippen MR) is 55.4 cm³/mol. The van der Waals surface area contributed by atoms with Crippen molar-refractivity contribution in [1.82, 2.24) is 14.5 Å². The minimum Gasteiger partial charge on any atom is -0.306 e. The molecule has 2 rings (SSSR count). The molecular formula is C11H13N3. The maximum atomic E-state index is 4.33. The molecule has 0 atom stereocenters. The monoisotopic (exact) mass is 187 g/mol. The third kappa shape index (κ3) is 1.66. The van der Waals surface area contributed by atoms with E-state index in [9.17, 15) is 0 Å². The number of imidazole rings is 1. The van der Waals surface area contributed by atoms with Gasteiger partial charge in [0.25, 0.3) is 0 Å². The lowest BCUT2D eigenvalue weighted by molar-refractivity contribution is 0.831. The van der Waals surface area contributed by atoms with E-state index in [1.807, 2.05) is 23.0 Å². The van der Waals surface area contributed by atoms with E-state index in [0.717, 1.165) is 11.4 Å². The summed E-state index contributed by atoms with van der Waals surface area (Å²) in [4.78, 5) is 8.31. The first kappa shape index (κ1) is 8.94. The lowest BCUT2D eigenvalue weighted by atomic mass is 10.2. The Hall–Kier alpha value is -1.64. The predicted octanol–water partition coefficient (Wildman–Crippen LogP) is 2.39. The van der Waals surface area contributed by atoms with Gasteiger partial charge in [0.2, 0.25) is 0 Å². The van der Waals surface area contributed by atoms with Crippen LogP contribution in [0.3, 0.4) is 0 Å². The third-order valence-electron chi connectivity index (χ3n) is 2.15. The van der Waals surface area contributed by atoms with Gasteiger partial charge in [-0.3, -0.25) is 4.98 Å². The molecule has 0 fully saturated rings. The number of nitrogens with zero attached hydrogens (tertiary/aromatic N) is 3. The van der Waals surface area contributed by atoms with Gasteiger partial charge in [-0.05, 0) is 18.1 Å². The first-order chi connectivity index (χ1) is 6.77. The highest BCUT2D eigenvalue weighted by Crippen LogP contribution is 2.13. The van der Waals surface area contributed by atoms with Crippen molar-refractivity contribution < 1.29 is 0 Å². The summed E-state index contributed by atoms with van der Waals surface area (Å²) in [6.07, 6.45) is 7.46. The van der Waals surface area contributed by atoms with Crippen molar-refractivity contribution in [2.45, 2.75) is 19.8 Å². The Morgan fingerprint density at radius 2 is 1.93 bits per heavy atom. The van der Waals surface area contributed by atoms with E-state index in [0.29, 0.717) is 5.92 Å². The highest BCUT2D eigenvalue weighted by Gasteiger charge is 2.03. The summed E-state index contributed by atoms with van der Waals surface area (Å²) < 4.78 is 2.01. The van der Waals surface area contributed by atoms with Crippen molar-refractivity contribution in [2.24, 2.45) is 0 Å². The lowest BCUT2D eigenvalue weighted by Gasteiger charge is -2.00. The molecule has 0 aliphatic carbocycles. The molecule has 0 aliphatic rings. The molecule has 2 aromatic rings.